The van der Waals surface area contributed by atoms with E-state index in [9.17, 15) is 4.79 Å². The maximum Gasteiger partial charge on any atom is 0.319 e. The number of amides is 2. The van der Waals surface area contributed by atoms with Crippen molar-refractivity contribution in [3.8, 4) is 0 Å². The van der Waals surface area contributed by atoms with E-state index in [1.807, 2.05) is 6.92 Å². The van der Waals surface area contributed by atoms with Gasteiger partial charge >= 0.3 is 6.03 Å². The average Bonchev–Trinajstić information content (AvgIpc) is 2.37. The molecule has 19 heavy (non-hydrogen) atoms. The van der Waals surface area contributed by atoms with Gasteiger partial charge < -0.3 is 10.6 Å². The summed E-state index contributed by atoms with van der Waals surface area (Å²) in [5, 5.41) is 6.83. The predicted octanol–water partition coefficient (Wildman–Crippen LogP) is 4.76. The third-order valence-corrected chi connectivity index (χ3v) is 4.16. The van der Waals surface area contributed by atoms with E-state index in [2.05, 4.69) is 10.6 Å². The lowest BCUT2D eigenvalue weighted by atomic mass is 9.96. The van der Waals surface area contributed by atoms with Crippen LogP contribution in [-0.2, 0) is 0 Å². The minimum Gasteiger partial charge on any atom is -0.335 e. The van der Waals surface area contributed by atoms with Gasteiger partial charge in [-0.2, -0.15) is 0 Å². The second-order valence-corrected chi connectivity index (χ2v) is 5.83. The number of carbonyl (C=O) groups excluding carboxylic acids is 1. The normalized spacial score (nSPS) is 16.2. The fraction of sp³-hybridized carbons (Fsp3) is 0.500. The molecule has 0 spiro atoms. The number of nitrogens with one attached hydrogen (secondary N) is 2. The number of anilines is 1. The molecule has 0 heterocycles. The Balaban J connectivity index is 1.96. The highest BCUT2D eigenvalue weighted by atomic mass is 35.5. The number of urea groups is 1. The molecule has 2 rings (SSSR count). The van der Waals surface area contributed by atoms with Gasteiger partial charge in [0.15, 0.2) is 0 Å². The number of hydrogen-bond donors (Lipinski definition) is 2. The summed E-state index contributed by atoms with van der Waals surface area (Å²) in [5.41, 5.74) is 1.44. The maximum atomic E-state index is 11.9. The summed E-state index contributed by atoms with van der Waals surface area (Å²) in [7, 11) is 0. The molecular formula is C14H18Cl2N2O. The molecule has 1 saturated carbocycles. The first-order valence-corrected chi connectivity index (χ1v) is 7.35. The lowest BCUT2D eigenvalue weighted by Crippen LogP contribution is -2.39. The highest BCUT2D eigenvalue weighted by Crippen LogP contribution is 2.28. The van der Waals surface area contributed by atoms with Crippen LogP contribution in [0.25, 0.3) is 0 Å². The summed E-state index contributed by atoms with van der Waals surface area (Å²) in [5.74, 6) is 0. The van der Waals surface area contributed by atoms with Crippen LogP contribution in [-0.4, -0.2) is 12.1 Å². The second kappa shape index (κ2) is 6.49. The molecule has 2 amide bonds. The Labute approximate surface area is 123 Å². The van der Waals surface area contributed by atoms with E-state index < -0.39 is 0 Å². The van der Waals surface area contributed by atoms with Gasteiger partial charge in [0.25, 0.3) is 0 Å². The van der Waals surface area contributed by atoms with Crippen molar-refractivity contribution in [3.05, 3.63) is 27.7 Å². The molecule has 0 radical (unpaired) electrons. The Morgan fingerprint density at radius 1 is 1.16 bits per heavy atom. The minimum absolute atomic E-state index is 0.214. The number of rotatable bonds is 2. The van der Waals surface area contributed by atoms with E-state index in [0.29, 0.717) is 15.7 Å². The molecule has 0 aliphatic heterocycles. The molecule has 1 aromatic carbocycles. The van der Waals surface area contributed by atoms with E-state index in [-0.39, 0.29) is 12.1 Å². The van der Waals surface area contributed by atoms with Crippen LogP contribution in [0.5, 0.6) is 0 Å². The van der Waals surface area contributed by atoms with Crippen molar-refractivity contribution < 1.29 is 4.79 Å². The number of hydrogen-bond acceptors (Lipinski definition) is 1. The van der Waals surface area contributed by atoms with Crippen LogP contribution >= 0.6 is 23.2 Å². The van der Waals surface area contributed by atoms with E-state index in [0.717, 1.165) is 18.4 Å². The molecule has 0 aromatic heterocycles. The van der Waals surface area contributed by atoms with Gasteiger partial charge in [0.05, 0.1) is 10.7 Å². The highest BCUT2D eigenvalue weighted by molar-refractivity contribution is 6.36. The standard InChI is InChI=1S/C14H18Cl2N2O/c1-9-7-12(16)13(8-11(9)15)18-14(19)17-10-5-3-2-4-6-10/h7-8,10H,2-6H2,1H3,(H2,17,18,19). The summed E-state index contributed by atoms with van der Waals surface area (Å²) in [6.45, 7) is 1.88. The first-order chi connectivity index (χ1) is 9.06. The van der Waals surface area contributed by atoms with E-state index in [4.69, 9.17) is 23.2 Å². The van der Waals surface area contributed by atoms with Gasteiger partial charge in [-0.05, 0) is 37.5 Å². The van der Waals surface area contributed by atoms with Crippen molar-refractivity contribution in [2.45, 2.75) is 45.1 Å². The summed E-state index contributed by atoms with van der Waals surface area (Å²) < 4.78 is 0. The lowest BCUT2D eigenvalue weighted by Gasteiger charge is -2.23. The molecule has 0 unspecified atom stereocenters. The van der Waals surface area contributed by atoms with Crippen molar-refractivity contribution >= 4 is 34.9 Å². The maximum absolute atomic E-state index is 11.9. The number of carbonyl (C=O) groups is 1. The zero-order valence-electron chi connectivity index (χ0n) is 10.9. The summed E-state index contributed by atoms with van der Waals surface area (Å²) >= 11 is 12.1. The van der Waals surface area contributed by atoms with Crippen molar-refractivity contribution in [2.24, 2.45) is 0 Å². The first kappa shape index (κ1) is 14.5. The van der Waals surface area contributed by atoms with Gasteiger partial charge in [0.2, 0.25) is 0 Å². The molecule has 5 heteroatoms. The fourth-order valence-electron chi connectivity index (χ4n) is 2.33. The van der Waals surface area contributed by atoms with Gasteiger partial charge in [-0.25, -0.2) is 4.79 Å². The molecule has 2 N–H and O–H groups in total. The van der Waals surface area contributed by atoms with Crippen LogP contribution in [0.4, 0.5) is 10.5 Å². The smallest absolute Gasteiger partial charge is 0.319 e. The van der Waals surface area contributed by atoms with Gasteiger partial charge in [-0.15, -0.1) is 0 Å². The Morgan fingerprint density at radius 3 is 2.53 bits per heavy atom. The number of benzene rings is 1. The summed E-state index contributed by atoms with van der Waals surface area (Å²) in [6.07, 6.45) is 5.73. The molecule has 1 aromatic rings. The van der Waals surface area contributed by atoms with Gasteiger partial charge in [0.1, 0.15) is 0 Å². The average molecular weight is 301 g/mol. The van der Waals surface area contributed by atoms with Crippen molar-refractivity contribution in [1.82, 2.24) is 5.32 Å². The van der Waals surface area contributed by atoms with E-state index >= 15 is 0 Å². The molecule has 0 saturated heterocycles. The Kier molecular flexibility index (Phi) is 4.94. The Bertz CT molecular complexity index is 471. The van der Waals surface area contributed by atoms with Gasteiger partial charge in [0, 0.05) is 11.1 Å². The summed E-state index contributed by atoms with van der Waals surface area (Å²) in [6, 6.07) is 3.49. The predicted molar refractivity (Wildman–Crippen MR) is 80.2 cm³/mol. The largest absolute Gasteiger partial charge is 0.335 e. The van der Waals surface area contributed by atoms with Crippen LogP contribution in [0.3, 0.4) is 0 Å². The van der Waals surface area contributed by atoms with E-state index in [1.54, 1.807) is 12.1 Å². The van der Waals surface area contributed by atoms with Crippen LogP contribution < -0.4 is 10.6 Å². The zero-order valence-corrected chi connectivity index (χ0v) is 12.4. The fourth-order valence-corrected chi connectivity index (χ4v) is 2.76. The van der Waals surface area contributed by atoms with Crippen LogP contribution in [0, 0.1) is 6.92 Å². The SMILES string of the molecule is Cc1cc(Cl)c(NC(=O)NC2CCCCC2)cc1Cl. The zero-order chi connectivity index (χ0) is 13.8. The third kappa shape index (κ3) is 4.02. The quantitative estimate of drug-likeness (QED) is 0.812. The monoisotopic (exact) mass is 300 g/mol. The topological polar surface area (TPSA) is 41.1 Å². The number of halogens is 2. The van der Waals surface area contributed by atoms with Crippen LogP contribution in [0.15, 0.2) is 12.1 Å². The van der Waals surface area contributed by atoms with Crippen molar-refractivity contribution in [1.29, 1.82) is 0 Å². The molecule has 1 aliphatic carbocycles. The van der Waals surface area contributed by atoms with Gasteiger partial charge in [-0.1, -0.05) is 42.5 Å². The Hall–Kier alpha value is -0.930. The van der Waals surface area contributed by atoms with Crippen molar-refractivity contribution in [2.75, 3.05) is 5.32 Å². The Morgan fingerprint density at radius 2 is 1.84 bits per heavy atom. The van der Waals surface area contributed by atoms with E-state index in [1.165, 1.54) is 19.3 Å². The molecule has 104 valence electrons. The third-order valence-electron chi connectivity index (χ3n) is 3.44. The number of aryl methyl sites for hydroxylation is 1. The van der Waals surface area contributed by atoms with Crippen LogP contribution in [0.1, 0.15) is 37.7 Å². The van der Waals surface area contributed by atoms with Gasteiger partial charge in [-0.3, -0.25) is 0 Å². The molecule has 0 atom stereocenters. The minimum atomic E-state index is -0.214. The lowest BCUT2D eigenvalue weighted by molar-refractivity contribution is 0.244. The summed E-state index contributed by atoms with van der Waals surface area (Å²) in [4.78, 5) is 11.9. The highest BCUT2D eigenvalue weighted by Gasteiger charge is 2.16. The molecule has 0 bridgehead atoms. The molecule has 3 nitrogen and oxygen atoms in total. The van der Waals surface area contributed by atoms with Crippen molar-refractivity contribution in [3.63, 3.8) is 0 Å². The molecule has 1 aliphatic rings. The molecular weight excluding hydrogens is 283 g/mol. The molecule has 1 fully saturated rings. The second-order valence-electron chi connectivity index (χ2n) is 5.01. The first-order valence-electron chi connectivity index (χ1n) is 6.59. The van der Waals surface area contributed by atoms with Crippen LogP contribution in [0.2, 0.25) is 10.0 Å².